The van der Waals surface area contributed by atoms with Gasteiger partial charge in [0.2, 0.25) is 11.8 Å². The van der Waals surface area contributed by atoms with E-state index in [9.17, 15) is 14.4 Å². The second-order valence-electron chi connectivity index (χ2n) is 9.24. The van der Waals surface area contributed by atoms with Crippen molar-refractivity contribution in [1.29, 1.82) is 0 Å². The zero-order valence-corrected chi connectivity index (χ0v) is 20.3. The number of allylic oxidation sites excluding steroid dienone is 2. The van der Waals surface area contributed by atoms with Crippen molar-refractivity contribution in [3.05, 3.63) is 45.8 Å². The van der Waals surface area contributed by atoms with Crippen molar-refractivity contribution in [2.45, 2.75) is 71.3 Å². The lowest BCUT2D eigenvalue weighted by molar-refractivity contribution is -0.160. The minimum absolute atomic E-state index is 0.0363. The van der Waals surface area contributed by atoms with E-state index in [1.807, 2.05) is 30.5 Å². The van der Waals surface area contributed by atoms with Gasteiger partial charge in [-0.1, -0.05) is 23.8 Å². The Morgan fingerprint density at radius 2 is 2.15 bits per heavy atom. The number of hydrogen-bond acceptors (Lipinski definition) is 5. The molecule has 7 heteroatoms. The molecular formula is C26H34N2O4S. The first-order chi connectivity index (χ1) is 16.0. The molecule has 1 saturated heterocycles. The lowest BCUT2D eigenvalue weighted by Gasteiger charge is -2.44. The second kappa shape index (κ2) is 10.7. The molecule has 2 heterocycles. The average molecular weight is 471 g/mol. The zero-order chi connectivity index (χ0) is 23.3. The zero-order valence-electron chi connectivity index (χ0n) is 19.4. The number of carbonyl (C=O) groups excluding carboxylic acids is 3. The molecule has 6 nitrogen and oxygen atoms in total. The van der Waals surface area contributed by atoms with Gasteiger partial charge in [0, 0.05) is 29.5 Å². The van der Waals surface area contributed by atoms with E-state index in [-0.39, 0.29) is 24.2 Å². The van der Waals surface area contributed by atoms with Gasteiger partial charge in [0.1, 0.15) is 5.41 Å². The summed E-state index contributed by atoms with van der Waals surface area (Å²) in [5.74, 6) is -0.965. The molecule has 33 heavy (non-hydrogen) atoms. The first-order valence-electron chi connectivity index (χ1n) is 12.2. The van der Waals surface area contributed by atoms with Crippen LogP contribution >= 0.6 is 11.3 Å². The van der Waals surface area contributed by atoms with E-state index in [4.69, 9.17) is 4.74 Å². The minimum atomic E-state index is -0.816. The fourth-order valence-corrected chi connectivity index (χ4v) is 6.08. The van der Waals surface area contributed by atoms with Crippen LogP contribution in [0.2, 0.25) is 0 Å². The standard InChI is InChI=1S/C26H34N2O4S/c1-2-32-25(31)26-13-6-11-22(26)28(14-12-19-8-4-3-5-9-19)24(30)20(17-26)16-23(29)27-18-21-10-7-15-33-21/h7-8,10-11,15,20H,2-6,9,12-14,16-18H2,1H3,(H,27,29)/t20-,26+/m1/s1. The average Bonchev–Trinajstić information content (AvgIpc) is 3.49. The molecule has 1 aromatic rings. The van der Waals surface area contributed by atoms with Crippen LogP contribution in [-0.4, -0.2) is 35.8 Å². The summed E-state index contributed by atoms with van der Waals surface area (Å²) < 4.78 is 5.49. The molecule has 4 rings (SSSR count). The summed E-state index contributed by atoms with van der Waals surface area (Å²) in [6.07, 6.45) is 11.6. The molecule has 2 atom stereocenters. The summed E-state index contributed by atoms with van der Waals surface area (Å²) in [7, 11) is 0. The van der Waals surface area contributed by atoms with Crippen LogP contribution in [0.3, 0.4) is 0 Å². The Bertz CT molecular complexity index is 936. The topological polar surface area (TPSA) is 75.7 Å². The molecule has 1 aromatic heterocycles. The number of piperidine rings is 1. The Labute approximate surface area is 200 Å². The number of esters is 1. The molecule has 1 N–H and O–H groups in total. The Morgan fingerprint density at radius 1 is 1.27 bits per heavy atom. The molecule has 1 fully saturated rings. The van der Waals surface area contributed by atoms with Crippen LogP contribution in [0.1, 0.15) is 69.6 Å². The van der Waals surface area contributed by atoms with E-state index in [0.717, 1.165) is 36.3 Å². The normalized spacial score (nSPS) is 24.7. The summed E-state index contributed by atoms with van der Waals surface area (Å²) in [5.41, 5.74) is 1.38. The molecule has 0 bridgehead atoms. The van der Waals surface area contributed by atoms with Crippen LogP contribution in [0.15, 0.2) is 40.9 Å². The Hall–Kier alpha value is -2.41. The highest BCUT2D eigenvalue weighted by Crippen LogP contribution is 2.51. The lowest BCUT2D eigenvalue weighted by Crippen LogP contribution is -2.52. The van der Waals surface area contributed by atoms with Gasteiger partial charge in [-0.2, -0.15) is 0 Å². The SMILES string of the molecule is CCOC(=O)[C@]12CCC=C1N(CCC1=CCCCC1)C(=O)[C@H](CC(=O)NCc1cccs1)C2. The quantitative estimate of drug-likeness (QED) is 0.419. The van der Waals surface area contributed by atoms with Crippen LogP contribution in [0.5, 0.6) is 0 Å². The van der Waals surface area contributed by atoms with Crippen molar-refractivity contribution < 1.29 is 19.1 Å². The van der Waals surface area contributed by atoms with Crippen molar-refractivity contribution in [3.8, 4) is 0 Å². The van der Waals surface area contributed by atoms with E-state index in [0.29, 0.717) is 32.5 Å². The number of thiophene rings is 1. The maximum absolute atomic E-state index is 13.6. The molecular weight excluding hydrogens is 436 g/mol. The summed E-state index contributed by atoms with van der Waals surface area (Å²) in [5, 5.41) is 4.91. The van der Waals surface area contributed by atoms with Crippen LogP contribution < -0.4 is 5.32 Å². The predicted molar refractivity (Wildman–Crippen MR) is 128 cm³/mol. The molecule has 2 amide bonds. The van der Waals surface area contributed by atoms with Crippen LogP contribution in [0, 0.1) is 11.3 Å². The van der Waals surface area contributed by atoms with Gasteiger partial charge in [-0.25, -0.2) is 0 Å². The van der Waals surface area contributed by atoms with E-state index in [2.05, 4.69) is 11.4 Å². The number of ether oxygens (including phenoxy) is 1. The van der Waals surface area contributed by atoms with Crippen molar-refractivity contribution in [2.24, 2.45) is 11.3 Å². The summed E-state index contributed by atoms with van der Waals surface area (Å²) in [6, 6.07) is 3.93. The predicted octanol–water partition coefficient (Wildman–Crippen LogP) is 4.72. The molecule has 0 saturated carbocycles. The van der Waals surface area contributed by atoms with Crippen molar-refractivity contribution in [1.82, 2.24) is 10.2 Å². The highest BCUT2D eigenvalue weighted by atomic mass is 32.1. The van der Waals surface area contributed by atoms with Gasteiger partial charge >= 0.3 is 5.97 Å². The number of amides is 2. The largest absolute Gasteiger partial charge is 0.465 e. The Kier molecular flexibility index (Phi) is 7.68. The van der Waals surface area contributed by atoms with E-state index in [1.54, 1.807) is 16.2 Å². The highest BCUT2D eigenvalue weighted by Gasteiger charge is 2.55. The number of nitrogens with zero attached hydrogens (tertiary/aromatic N) is 1. The third kappa shape index (κ3) is 5.24. The molecule has 0 spiro atoms. The summed E-state index contributed by atoms with van der Waals surface area (Å²) in [4.78, 5) is 42.3. The van der Waals surface area contributed by atoms with Gasteiger partial charge < -0.3 is 15.0 Å². The third-order valence-corrected chi connectivity index (χ3v) is 7.96. The monoisotopic (exact) mass is 470 g/mol. The van der Waals surface area contributed by atoms with Crippen LogP contribution in [0.4, 0.5) is 0 Å². The van der Waals surface area contributed by atoms with Crippen LogP contribution in [-0.2, 0) is 25.7 Å². The van der Waals surface area contributed by atoms with Gasteiger partial charge in [-0.15, -0.1) is 11.3 Å². The number of rotatable bonds is 9. The molecule has 0 unspecified atom stereocenters. The molecule has 2 aliphatic carbocycles. The molecule has 1 aliphatic heterocycles. The second-order valence-corrected chi connectivity index (χ2v) is 10.3. The first-order valence-corrected chi connectivity index (χ1v) is 13.1. The first kappa shape index (κ1) is 23.7. The van der Waals surface area contributed by atoms with Gasteiger partial charge in [0.25, 0.3) is 0 Å². The number of likely N-dealkylation sites (tertiary alicyclic amines) is 1. The van der Waals surface area contributed by atoms with Crippen molar-refractivity contribution >= 4 is 29.1 Å². The number of carbonyl (C=O) groups is 3. The van der Waals surface area contributed by atoms with E-state index in [1.165, 1.54) is 18.4 Å². The molecule has 178 valence electrons. The Balaban J connectivity index is 1.51. The van der Waals surface area contributed by atoms with Gasteiger partial charge in [0.05, 0.1) is 13.2 Å². The number of fused-ring (bicyclic) bond motifs is 1. The maximum atomic E-state index is 13.6. The summed E-state index contributed by atoms with van der Waals surface area (Å²) in [6.45, 7) is 3.14. The molecule has 0 aromatic carbocycles. The van der Waals surface area contributed by atoms with Gasteiger partial charge in [0.15, 0.2) is 0 Å². The lowest BCUT2D eigenvalue weighted by atomic mass is 9.71. The van der Waals surface area contributed by atoms with E-state index >= 15 is 0 Å². The van der Waals surface area contributed by atoms with Gasteiger partial charge in [-0.3, -0.25) is 14.4 Å². The van der Waals surface area contributed by atoms with Crippen molar-refractivity contribution in [2.75, 3.05) is 13.2 Å². The summed E-state index contributed by atoms with van der Waals surface area (Å²) >= 11 is 1.59. The van der Waals surface area contributed by atoms with Gasteiger partial charge in [-0.05, 0) is 69.7 Å². The third-order valence-electron chi connectivity index (χ3n) is 7.08. The minimum Gasteiger partial charge on any atom is -0.465 e. The fourth-order valence-electron chi connectivity index (χ4n) is 5.43. The molecule has 0 radical (unpaired) electrons. The number of hydrogen-bond donors (Lipinski definition) is 1. The smallest absolute Gasteiger partial charge is 0.318 e. The fraction of sp³-hybridized carbons (Fsp3) is 0.577. The highest BCUT2D eigenvalue weighted by molar-refractivity contribution is 7.09. The van der Waals surface area contributed by atoms with E-state index < -0.39 is 11.3 Å². The molecule has 3 aliphatic rings. The Morgan fingerprint density at radius 3 is 2.88 bits per heavy atom. The van der Waals surface area contributed by atoms with Crippen molar-refractivity contribution in [3.63, 3.8) is 0 Å². The number of nitrogens with one attached hydrogen (secondary N) is 1. The maximum Gasteiger partial charge on any atom is 0.318 e. The van der Waals surface area contributed by atoms with Crippen LogP contribution in [0.25, 0.3) is 0 Å².